The second-order valence-electron chi connectivity index (χ2n) is 6.91. The maximum atomic E-state index is 4.42. The number of anilines is 1. The van der Waals surface area contributed by atoms with Crippen molar-refractivity contribution >= 4 is 5.82 Å². The van der Waals surface area contributed by atoms with Gasteiger partial charge in [-0.05, 0) is 62.7 Å². The molecule has 0 unspecified atom stereocenters. The first-order valence-electron chi connectivity index (χ1n) is 8.53. The van der Waals surface area contributed by atoms with Crippen LogP contribution in [0, 0.1) is 5.92 Å². The first-order chi connectivity index (χ1) is 10.2. The van der Waals surface area contributed by atoms with Gasteiger partial charge in [-0.25, -0.2) is 0 Å². The zero-order chi connectivity index (χ0) is 14.7. The summed E-state index contributed by atoms with van der Waals surface area (Å²) < 4.78 is 0. The molecule has 0 amide bonds. The highest BCUT2D eigenvalue weighted by Gasteiger charge is 2.23. The lowest BCUT2D eigenvalue weighted by atomic mass is 9.96. The first kappa shape index (κ1) is 14.8. The molecule has 0 radical (unpaired) electrons. The van der Waals surface area contributed by atoms with Crippen LogP contribution in [0.1, 0.15) is 51.1 Å². The van der Waals surface area contributed by atoms with Gasteiger partial charge < -0.3 is 9.80 Å². The highest BCUT2D eigenvalue weighted by molar-refractivity contribution is 5.38. The fourth-order valence-corrected chi connectivity index (χ4v) is 3.49. The minimum Gasteiger partial charge on any atom is -0.355 e. The van der Waals surface area contributed by atoms with Crippen LogP contribution in [-0.4, -0.2) is 47.8 Å². The van der Waals surface area contributed by atoms with Gasteiger partial charge in [-0.15, -0.1) is 5.10 Å². The molecule has 0 N–H and O–H groups in total. The molecule has 4 nitrogen and oxygen atoms in total. The van der Waals surface area contributed by atoms with Crippen LogP contribution in [0.2, 0.25) is 0 Å². The lowest BCUT2D eigenvalue weighted by Crippen LogP contribution is -2.38. The van der Waals surface area contributed by atoms with E-state index in [0.717, 1.165) is 30.5 Å². The molecule has 0 saturated carbocycles. The minimum atomic E-state index is 0.456. The van der Waals surface area contributed by atoms with Crippen LogP contribution in [0.5, 0.6) is 0 Å². The summed E-state index contributed by atoms with van der Waals surface area (Å²) in [6, 6.07) is 4.27. The fourth-order valence-electron chi connectivity index (χ4n) is 3.49. The van der Waals surface area contributed by atoms with Crippen molar-refractivity contribution in [3.63, 3.8) is 0 Å². The van der Waals surface area contributed by atoms with E-state index >= 15 is 0 Å². The summed E-state index contributed by atoms with van der Waals surface area (Å²) in [6.07, 6.45) is 5.39. The van der Waals surface area contributed by atoms with Crippen molar-refractivity contribution in [2.45, 2.75) is 45.4 Å². The van der Waals surface area contributed by atoms with Crippen molar-refractivity contribution in [1.29, 1.82) is 0 Å². The lowest BCUT2D eigenvalue weighted by Gasteiger charge is -2.34. The molecule has 3 heterocycles. The van der Waals surface area contributed by atoms with Crippen LogP contribution >= 0.6 is 0 Å². The molecule has 4 heteroatoms. The largest absolute Gasteiger partial charge is 0.355 e. The molecule has 2 saturated heterocycles. The molecular weight excluding hydrogens is 260 g/mol. The molecule has 21 heavy (non-hydrogen) atoms. The number of nitrogens with zero attached hydrogens (tertiary/aromatic N) is 4. The fraction of sp³-hybridized carbons (Fsp3) is 0.765. The minimum absolute atomic E-state index is 0.456. The number of hydrogen-bond donors (Lipinski definition) is 0. The van der Waals surface area contributed by atoms with Gasteiger partial charge >= 0.3 is 0 Å². The van der Waals surface area contributed by atoms with Gasteiger partial charge in [0.25, 0.3) is 0 Å². The van der Waals surface area contributed by atoms with Crippen molar-refractivity contribution in [2.75, 3.05) is 37.6 Å². The highest BCUT2D eigenvalue weighted by Crippen LogP contribution is 2.24. The quantitative estimate of drug-likeness (QED) is 0.853. The summed E-state index contributed by atoms with van der Waals surface area (Å²) in [4.78, 5) is 5.05. The molecule has 0 aromatic carbocycles. The Balaban J connectivity index is 1.50. The summed E-state index contributed by atoms with van der Waals surface area (Å²) in [6.45, 7) is 10.5. The van der Waals surface area contributed by atoms with Crippen molar-refractivity contribution < 1.29 is 0 Å². The highest BCUT2D eigenvalue weighted by atomic mass is 15.3. The maximum absolute atomic E-state index is 4.42. The van der Waals surface area contributed by atoms with Crippen LogP contribution < -0.4 is 4.90 Å². The molecule has 1 aromatic heterocycles. The van der Waals surface area contributed by atoms with Gasteiger partial charge in [0.1, 0.15) is 0 Å². The zero-order valence-electron chi connectivity index (χ0n) is 13.5. The third kappa shape index (κ3) is 3.73. The van der Waals surface area contributed by atoms with Crippen molar-refractivity contribution in [3.05, 3.63) is 17.8 Å². The van der Waals surface area contributed by atoms with Gasteiger partial charge in [-0.1, -0.05) is 13.8 Å². The van der Waals surface area contributed by atoms with Gasteiger partial charge in [0.15, 0.2) is 5.82 Å². The van der Waals surface area contributed by atoms with Gasteiger partial charge in [0, 0.05) is 19.6 Å². The third-order valence-corrected chi connectivity index (χ3v) is 4.92. The van der Waals surface area contributed by atoms with Crippen LogP contribution in [0.25, 0.3) is 0 Å². The average molecular weight is 288 g/mol. The Hall–Kier alpha value is -1.16. The SMILES string of the molecule is CC(C)c1ccc(N2CCC(CN3CCCC3)CC2)nn1. The van der Waals surface area contributed by atoms with E-state index < -0.39 is 0 Å². The normalized spacial score (nSPS) is 21.4. The van der Waals surface area contributed by atoms with E-state index in [9.17, 15) is 0 Å². The number of rotatable bonds is 4. The van der Waals surface area contributed by atoms with E-state index in [1.807, 2.05) is 0 Å². The molecule has 0 aliphatic carbocycles. The van der Waals surface area contributed by atoms with Gasteiger partial charge in [-0.2, -0.15) is 5.10 Å². The molecule has 0 bridgehead atoms. The summed E-state index contributed by atoms with van der Waals surface area (Å²) >= 11 is 0. The molecule has 1 aromatic rings. The van der Waals surface area contributed by atoms with Gasteiger partial charge in [-0.3, -0.25) is 0 Å². The predicted octanol–water partition coefficient (Wildman–Crippen LogP) is 2.91. The topological polar surface area (TPSA) is 32.3 Å². The number of hydrogen-bond acceptors (Lipinski definition) is 4. The van der Waals surface area contributed by atoms with Crippen LogP contribution in [0.15, 0.2) is 12.1 Å². The van der Waals surface area contributed by atoms with Crippen molar-refractivity contribution in [2.24, 2.45) is 5.92 Å². The standard InChI is InChI=1S/C17H28N4/c1-14(2)16-5-6-17(19-18-16)21-11-7-15(8-12-21)13-20-9-3-4-10-20/h5-6,14-15H,3-4,7-13H2,1-2H3. The number of aromatic nitrogens is 2. The Bertz CT molecular complexity index is 429. The smallest absolute Gasteiger partial charge is 0.151 e. The maximum Gasteiger partial charge on any atom is 0.151 e. The Morgan fingerprint density at radius 2 is 1.76 bits per heavy atom. The molecule has 3 rings (SSSR count). The summed E-state index contributed by atoms with van der Waals surface area (Å²) in [5.74, 6) is 2.39. The van der Waals surface area contributed by atoms with E-state index in [-0.39, 0.29) is 0 Å². The summed E-state index contributed by atoms with van der Waals surface area (Å²) in [5.41, 5.74) is 1.09. The predicted molar refractivity (Wildman–Crippen MR) is 86.7 cm³/mol. The van der Waals surface area contributed by atoms with E-state index in [4.69, 9.17) is 0 Å². The number of piperidine rings is 1. The third-order valence-electron chi connectivity index (χ3n) is 4.92. The number of likely N-dealkylation sites (tertiary alicyclic amines) is 1. The average Bonchev–Trinajstić information content (AvgIpc) is 3.01. The van der Waals surface area contributed by atoms with E-state index in [2.05, 4.69) is 46.0 Å². The monoisotopic (exact) mass is 288 g/mol. The summed E-state index contributed by atoms with van der Waals surface area (Å²) in [5, 5.41) is 8.77. The first-order valence-corrected chi connectivity index (χ1v) is 8.53. The molecule has 116 valence electrons. The molecule has 0 spiro atoms. The Morgan fingerprint density at radius 1 is 1.05 bits per heavy atom. The Morgan fingerprint density at radius 3 is 2.33 bits per heavy atom. The van der Waals surface area contributed by atoms with E-state index in [1.165, 1.54) is 45.3 Å². The molecular formula is C17H28N4. The molecule has 0 atom stereocenters. The lowest BCUT2D eigenvalue weighted by molar-refractivity contribution is 0.249. The van der Waals surface area contributed by atoms with Crippen molar-refractivity contribution in [3.8, 4) is 0 Å². The van der Waals surface area contributed by atoms with Crippen LogP contribution in [-0.2, 0) is 0 Å². The van der Waals surface area contributed by atoms with Crippen LogP contribution in [0.4, 0.5) is 5.82 Å². The Labute approximate surface area is 128 Å². The van der Waals surface area contributed by atoms with E-state index in [1.54, 1.807) is 0 Å². The van der Waals surface area contributed by atoms with Gasteiger partial charge in [0.2, 0.25) is 0 Å². The molecule has 2 fully saturated rings. The Kier molecular flexibility index (Phi) is 4.73. The second kappa shape index (κ2) is 6.73. The molecule has 2 aliphatic rings. The molecule has 2 aliphatic heterocycles. The van der Waals surface area contributed by atoms with Crippen LogP contribution in [0.3, 0.4) is 0 Å². The van der Waals surface area contributed by atoms with E-state index in [0.29, 0.717) is 5.92 Å². The summed E-state index contributed by atoms with van der Waals surface area (Å²) in [7, 11) is 0. The van der Waals surface area contributed by atoms with Crippen molar-refractivity contribution in [1.82, 2.24) is 15.1 Å². The van der Waals surface area contributed by atoms with Gasteiger partial charge in [0.05, 0.1) is 5.69 Å². The zero-order valence-corrected chi connectivity index (χ0v) is 13.5. The second-order valence-corrected chi connectivity index (χ2v) is 6.91.